The van der Waals surface area contributed by atoms with Crippen molar-refractivity contribution in [3.05, 3.63) is 65.7 Å². The van der Waals surface area contributed by atoms with Gasteiger partial charge in [0.25, 0.3) is 5.91 Å². The summed E-state index contributed by atoms with van der Waals surface area (Å²) in [6.45, 7) is 2.02. The lowest BCUT2D eigenvalue weighted by molar-refractivity contribution is 0.0785. The maximum Gasteiger partial charge on any atom is 0.254 e. The normalized spacial score (nSPS) is 22.2. The number of rotatable bonds is 5. The van der Waals surface area contributed by atoms with Crippen LogP contribution in [0.5, 0.6) is 5.75 Å². The maximum atomic E-state index is 13.2. The van der Waals surface area contributed by atoms with Crippen LogP contribution in [0.2, 0.25) is 0 Å². The summed E-state index contributed by atoms with van der Waals surface area (Å²) in [7, 11) is 0. The van der Waals surface area contributed by atoms with Crippen LogP contribution in [0, 0.1) is 5.92 Å². The molecule has 0 spiro atoms. The fourth-order valence-electron chi connectivity index (χ4n) is 4.61. The van der Waals surface area contributed by atoms with Crippen LogP contribution in [0.25, 0.3) is 0 Å². The van der Waals surface area contributed by atoms with Crippen LogP contribution in [-0.2, 0) is 0 Å². The van der Waals surface area contributed by atoms with E-state index in [4.69, 9.17) is 10.5 Å². The van der Waals surface area contributed by atoms with Crippen molar-refractivity contribution < 1.29 is 9.53 Å². The molecule has 1 aliphatic heterocycles. The smallest absolute Gasteiger partial charge is 0.254 e. The summed E-state index contributed by atoms with van der Waals surface area (Å²) in [4.78, 5) is 15.1. The first kappa shape index (κ1) is 21.7. The Kier molecular flexibility index (Phi) is 7.57. The third-order valence-corrected chi connectivity index (χ3v) is 6.19. The highest BCUT2D eigenvalue weighted by molar-refractivity contribution is 5.94. The van der Waals surface area contributed by atoms with Crippen molar-refractivity contribution in [3.63, 3.8) is 0 Å². The molecule has 0 radical (unpaired) electrons. The zero-order valence-electron chi connectivity index (χ0n) is 16.8. The number of halogens is 1. The molecule has 1 saturated heterocycles. The minimum Gasteiger partial charge on any atom is -0.490 e. The van der Waals surface area contributed by atoms with Crippen molar-refractivity contribution in [1.82, 2.24) is 4.90 Å². The van der Waals surface area contributed by atoms with E-state index in [9.17, 15) is 4.79 Å². The summed E-state index contributed by atoms with van der Waals surface area (Å²) in [5, 5.41) is 0. The zero-order valence-corrected chi connectivity index (χ0v) is 17.7. The van der Waals surface area contributed by atoms with Gasteiger partial charge >= 0.3 is 0 Å². The largest absolute Gasteiger partial charge is 0.490 e. The monoisotopic (exact) mass is 414 g/mol. The molecule has 5 heteroatoms. The van der Waals surface area contributed by atoms with Crippen LogP contribution in [-0.4, -0.2) is 36.5 Å². The van der Waals surface area contributed by atoms with E-state index in [-0.39, 0.29) is 24.4 Å². The van der Waals surface area contributed by atoms with E-state index in [2.05, 4.69) is 24.3 Å². The zero-order chi connectivity index (χ0) is 19.3. The highest BCUT2D eigenvalue weighted by Crippen LogP contribution is 2.33. The van der Waals surface area contributed by atoms with E-state index < -0.39 is 0 Å². The van der Waals surface area contributed by atoms with E-state index >= 15 is 0 Å². The molecular weight excluding hydrogens is 384 g/mol. The SMILES string of the molecule is Cl.NC[C@@H]1CN(C(=O)c2cccc(OC3CCCCC3)c2)C[C@H]1c1ccccc1. The standard InChI is InChI=1S/C24H30N2O2.ClH/c25-15-20-16-26(17-23(20)18-8-3-1-4-9-18)24(27)19-10-7-13-22(14-19)28-21-11-5-2-6-12-21;/h1,3-4,7-10,13-14,20-21,23H,2,5-6,11-12,15-17,25H2;1H/t20-,23+;/m1./s1. The van der Waals surface area contributed by atoms with E-state index in [1.807, 2.05) is 35.2 Å². The molecule has 156 valence electrons. The highest BCUT2D eigenvalue weighted by atomic mass is 35.5. The molecule has 2 atom stereocenters. The first-order valence-corrected chi connectivity index (χ1v) is 10.6. The molecule has 1 heterocycles. The Morgan fingerprint density at radius 3 is 2.48 bits per heavy atom. The second-order valence-electron chi connectivity index (χ2n) is 8.13. The number of benzene rings is 2. The molecule has 1 saturated carbocycles. The Hall–Kier alpha value is -2.04. The van der Waals surface area contributed by atoms with Crippen LogP contribution in [0.15, 0.2) is 54.6 Å². The van der Waals surface area contributed by atoms with Gasteiger partial charge in [0.05, 0.1) is 6.10 Å². The van der Waals surface area contributed by atoms with E-state index in [0.29, 0.717) is 30.5 Å². The van der Waals surface area contributed by atoms with Gasteiger partial charge in [-0.3, -0.25) is 4.79 Å². The number of hydrogen-bond acceptors (Lipinski definition) is 3. The summed E-state index contributed by atoms with van der Waals surface area (Å²) in [6.07, 6.45) is 6.28. The minimum atomic E-state index is 0. The second kappa shape index (κ2) is 10.1. The molecule has 0 aromatic heterocycles. The molecule has 4 rings (SSSR count). The number of hydrogen-bond donors (Lipinski definition) is 1. The highest BCUT2D eigenvalue weighted by Gasteiger charge is 2.35. The van der Waals surface area contributed by atoms with Gasteiger partial charge in [0, 0.05) is 24.6 Å². The second-order valence-corrected chi connectivity index (χ2v) is 8.13. The van der Waals surface area contributed by atoms with Crippen molar-refractivity contribution in [2.24, 2.45) is 11.7 Å². The quantitative estimate of drug-likeness (QED) is 0.775. The predicted octanol–water partition coefficient (Wildman–Crippen LogP) is 4.63. The van der Waals surface area contributed by atoms with Gasteiger partial charge in [-0.25, -0.2) is 0 Å². The Morgan fingerprint density at radius 1 is 1.00 bits per heavy atom. The molecule has 0 bridgehead atoms. The van der Waals surface area contributed by atoms with E-state index in [1.54, 1.807) is 0 Å². The Balaban J connectivity index is 0.00000240. The van der Waals surface area contributed by atoms with Crippen LogP contribution < -0.4 is 10.5 Å². The lowest BCUT2D eigenvalue weighted by Crippen LogP contribution is -2.30. The number of likely N-dealkylation sites (tertiary alicyclic amines) is 1. The Morgan fingerprint density at radius 2 is 1.76 bits per heavy atom. The number of nitrogens with two attached hydrogens (primary N) is 1. The van der Waals surface area contributed by atoms with Gasteiger partial charge < -0.3 is 15.4 Å². The average Bonchev–Trinajstić information content (AvgIpc) is 3.19. The molecular formula is C24H31ClN2O2. The van der Waals surface area contributed by atoms with Gasteiger partial charge in [0.15, 0.2) is 0 Å². The van der Waals surface area contributed by atoms with Crippen molar-refractivity contribution in [3.8, 4) is 5.75 Å². The number of carbonyl (C=O) groups is 1. The van der Waals surface area contributed by atoms with Crippen molar-refractivity contribution >= 4 is 18.3 Å². The van der Waals surface area contributed by atoms with Gasteiger partial charge in [-0.15, -0.1) is 12.4 Å². The van der Waals surface area contributed by atoms with Gasteiger partial charge in [-0.2, -0.15) is 0 Å². The summed E-state index contributed by atoms with van der Waals surface area (Å²) in [6, 6.07) is 18.1. The Labute approximate surface area is 179 Å². The topological polar surface area (TPSA) is 55.6 Å². The average molecular weight is 415 g/mol. The van der Waals surface area contributed by atoms with Crippen LogP contribution in [0.3, 0.4) is 0 Å². The number of nitrogens with zero attached hydrogens (tertiary/aromatic N) is 1. The van der Waals surface area contributed by atoms with Crippen molar-refractivity contribution in [1.29, 1.82) is 0 Å². The summed E-state index contributed by atoms with van der Waals surface area (Å²) >= 11 is 0. The molecule has 2 N–H and O–H groups in total. The predicted molar refractivity (Wildman–Crippen MR) is 119 cm³/mol. The first-order valence-electron chi connectivity index (χ1n) is 10.6. The number of amides is 1. The lowest BCUT2D eigenvalue weighted by Gasteiger charge is -2.23. The Bertz CT molecular complexity index is 792. The lowest BCUT2D eigenvalue weighted by atomic mass is 9.89. The van der Waals surface area contributed by atoms with Gasteiger partial charge in [0.2, 0.25) is 0 Å². The van der Waals surface area contributed by atoms with Crippen molar-refractivity contribution in [2.45, 2.75) is 44.1 Å². The first-order chi connectivity index (χ1) is 13.7. The van der Waals surface area contributed by atoms with Gasteiger partial charge in [-0.05, 0) is 61.9 Å². The van der Waals surface area contributed by atoms with Crippen molar-refractivity contribution in [2.75, 3.05) is 19.6 Å². The fourth-order valence-corrected chi connectivity index (χ4v) is 4.61. The molecule has 1 amide bonds. The minimum absolute atomic E-state index is 0. The fraction of sp³-hybridized carbons (Fsp3) is 0.458. The molecule has 2 aliphatic rings. The van der Waals surface area contributed by atoms with E-state index in [1.165, 1.54) is 24.8 Å². The number of ether oxygens (including phenoxy) is 1. The third-order valence-electron chi connectivity index (χ3n) is 6.19. The molecule has 2 fully saturated rings. The maximum absolute atomic E-state index is 13.2. The number of carbonyl (C=O) groups excluding carboxylic acids is 1. The van der Waals surface area contributed by atoms with Gasteiger partial charge in [0.1, 0.15) is 5.75 Å². The molecule has 2 aromatic carbocycles. The summed E-state index contributed by atoms with van der Waals surface area (Å²) < 4.78 is 6.15. The molecule has 4 nitrogen and oxygen atoms in total. The van der Waals surface area contributed by atoms with Crippen LogP contribution in [0.4, 0.5) is 0 Å². The van der Waals surface area contributed by atoms with Crippen LogP contribution in [0.1, 0.15) is 53.9 Å². The van der Waals surface area contributed by atoms with Gasteiger partial charge in [-0.1, -0.05) is 42.8 Å². The van der Waals surface area contributed by atoms with Crippen LogP contribution >= 0.6 is 12.4 Å². The molecule has 29 heavy (non-hydrogen) atoms. The molecule has 2 aromatic rings. The van der Waals surface area contributed by atoms with E-state index in [0.717, 1.165) is 25.1 Å². The third kappa shape index (κ3) is 5.12. The molecule has 0 unspecified atom stereocenters. The summed E-state index contributed by atoms with van der Waals surface area (Å²) in [5.74, 6) is 1.49. The summed E-state index contributed by atoms with van der Waals surface area (Å²) in [5.41, 5.74) is 8.01. The molecule has 1 aliphatic carbocycles.